The predicted molar refractivity (Wildman–Crippen MR) is 138 cm³/mol. The summed E-state index contributed by atoms with van der Waals surface area (Å²) in [5.74, 6) is -0.221. The number of ether oxygens (including phenoxy) is 2. The van der Waals surface area contributed by atoms with Crippen molar-refractivity contribution in [1.29, 1.82) is 0 Å². The molecule has 1 aliphatic carbocycles. The van der Waals surface area contributed by atoms with Gasteiger partial charge in [0.05, 0.1) is 28.8 Å². The van der Waals surface area contributed by atoms with Gasteiger partial charge in [0, 0.05) is 29.3 Å². The summed E-state index contributed by atoms with van der Waals surface area (Å²) in [4.78, 5) is 27.0. The van der Waals surface area contributed by atoms with E-state index in [1.54, 1.807) is 19.2 Å². The molecule has 4 rings (SSSR count). The van der Waals surface area contributed by atoms with Gasteiger partial charge >= 0.3 is 5.97 Å². The van der Waals surface area contributed by atoms with E-state index in [-0.39, 0.29) is 17.8 Å². The molecule has 1 heterocycles. The van der Waals surface area contributed by atoms with Gasteiger partial charge in [0.15, 0.2) is 5.78 Å². The van der Waals surface area contributed by atoms with Crippen LogP contribution in [0.1, 0.15) is 63.0 Å². The highest BCUT2D eigenvalue weighted by molar-refractivity contribution is 6.42. The number of benzene rings is 2. The van der Waals surface area contributed by atoms with Crippen molar-refractivity contribution in [2.45, 2.75) is 58.0 Å². The van der Waals surface area contributed by atoms with Crippen molar-refractivity contribution in [1.82, 2.24) is 5.32 Å². The van der Waals surface area contributed by atoms with E-state index in [4.69, 9.17) is 32.7 Å². The quantitative estimate of drug-likeness (QED) is 0.435. The van der Waals surface area contributed by atoms with Crippen molar-refractivity contribution in [3.63, 3.8) is 0 Å². The fourth-order valence-electron chi connectivity index (χ4n) is 4.78. The maximum Gasteiger partial charge on any atom is 0.337 e. The number of ketones is 1. The van der Waals surface area contributed by atoms with Crippen molar-refractivity contribution in [3.05, 3.63) is 86.2 Å². The van der Waals surface area contributed by atoms with Gasteiger partial charge in [-0.3, -0.25) is 4.79 Å². The van der Waals surface area contributed by atoms with Crippen LogP contribution in [0, 0.1) is 0 Å². The van der Waals surface area contributed by atoms with E-state index in [2.05, 4.69) is 5.32 Å². The van der Waals surface area contributed by atoms with E-state index in [9.17, 15) is 9.59 Å². The van der Waals surface area contributed by atoms with E-state index in [0.29, 0.717) is 46.2 Å². The largest absolute Gasteiger partial charge is 0.497 e. The van der Waals surface area contributed by atoms with Crippen LogP contribution in [0.15, 0.2) is 65.0 Å². The van der Waals surface area contributed by atoms with Crippen LogP contribution >= 0.6 is 23.2 Å². The number of nitrogens with one attached hydrogen (secondary N) is 1. The molecule has 7 heteroatoms. The summed E-state index contributed by atoms with van der Waals surface area (Å²) in [6.45, 7) is 5.66. The molecule has 1 N–H and O–H groups in total. The SMILES string of the molecule is CC[C@@H](C)OC(=O)C1=C(C)NC2=C(C(=O)C[C@H](c3ccc(OC)cc3)C2)[C@@H]1c1ccc(Cl)c(Cl)c1. The highest BCUT2D eigenvalue weighted by Crippen LogP contribution is 2.46. The molecule has 2 aromatic carbocycles. The number of hydrogen-bond acceptors (Lipinski definition) is 5. The second kappa shape index (κ2) is 10.5. The van der Waals surface area contributed by atoms with E-state index in [1.807, 2.05) is 51.1 Å². The van der Waals surface area contributed by atoms with Gasteiger partial charge in [-0.1, -0.05) is 48.3 Å². The van der Waals surface area contributed by atoms with Gasteiger partial charge in [-0.25, -0.2) is 4.79 Å². The Labute approximate surface area is 216 Å². The molecule has 0 saturated heterocycles. The van der Waals surface area contributed by atoms with Crippen LogP contribution in [0.3, 0.4) is 0 Å². The second-order valence-corrected chi connectivity index (χ2v) is 9.90. The summed E-state index contributed by atoms with van der Waals surface area (Å²) in [5.41, 5.74) is 4.34. The van der Waals surface area contributed by atoms with Crippen LogP contribution in [-0.2, 0) is 14.3 Å². The molecular formula is C28H29Cl2NO4. The summed E-state index contributed by atoms with van der Waals surface area (Å²) in [7, 11) is 1.63. The smallest absolute Gasteiger partial charge is 0.337 e. The molecule has 184 valence electrons. The summed E-state index contributed by atoms with van der Waals surface area (Å²) in [5, 5.41) is 4.16. The number of Topliss-reactive ketones (excluding diaryl/α,β-unsaturated/α-hetero) is 1. The lowest BCUT2D eigenvalue weighted by atomic mass is 9.71. The lowest BCUT2D eigenvalue weighted by Gasteiger charge is -2.37. The van der Waals surface area contributed by atoms with Crippen molar-refractivity contribution in [2.75, 3.05) is 7.11 Å². The zero-order valence-corrected chi connectivity index (χ0v) is 21.8. The van der Waals surface area contributed by atoms with E-state index < -0.39 is 11.9 Å². The number of carbonyl (C=O) groups excluding carboxylic acids is 2. The number of hydrogen-bond donors (Lipinski definition) is 1. The number of methoxy groups -OCH3 is 1. The van der Waals surface area contributed by atoms with Crippen LogP contribution in [0.25, 0.3) is 0 Å². The minimum Gasteiger partial charge on any atom is -0.497 e. The van der Waals surface area contributed by atoms with Gasteiger partial charge in [-0.2, -0.15) is 0 Å². The molecule has 35 heavy (non-hydrogen) atoms. The van der Waals surface area contributed by atoms with Gasteiger partial charge in [0.25, 0.3) is 0 Å². The Hall–Kier alpha value is -2.76. The maximum absolute atomic E-state index is 13.7. The number of carbonyl (C=O) groups is 2. The van der Waals surface area contributed by atoms with Crippen LogP contribution in [-0.4, -0.2) is 25.0 Å². The third-order valence-electron chi connectivity index (χ3n) is 6.79. The number of esters is 1. The monoisotopic (exact) mass is 513 g/mol. The van der Waals surface area contributed by atoms with Crippen molar-refractivity contribution in [3.8, 4) is 5.75 Å². The van der Waals surface area contributed by atoms with Gasteiger partial charge in [-0.05, 0) is 68.0 Å². The summed E-state index contributed by atoms with van der Waals surface area (Å²) in [6, 6.07) is 13.1. The highest BCUT2D eigenvalue weighted by Gasteiger charge is 2.41. The molecule has 0 unspecified atom stereocenters. The van der Waals surface area contributed by atoms with E-state index in [1.165, 1.54) is 0 Å². The van der Waals surface area contributed by atoms with Gasteiger partial charge in [-0.15, -0.1) is 0 Å². The van der Waals surface area contributed by atoms with E-state index in [0.717, 1.165) is 22.6 Å². The van der Waals surface area contributed by atoms with Gasteiger partial charge < -0.3 is 14.8 Å². The Bertz CT molecular complexity index is 1220. The molecule has 0 bridgehead atoms. The Morgan fingerprint density at radius 3 is 2.40 bits per heavy atom. The van der Waals surface area contributed by atoms with E-state index >= 15 is 0 Å². The first-order chi connectivity index (χ1) is 16.7. The molecule has 0 radical (unpaired) electrons. The average Bonchev–Trinajstić information content (AvgIpc) is 2.84. The summed E-state index contributed by atoms with van der Waals surface area (Å²) < 4.78 is 11.0. The minimum absolute atomic E-state index is 0.00280. The van der Waals surface area contributed by atoms with Crippen molar-refractivity contribution >= 4 is 35.0 Å². The molecule has 0 amide bonds. The normalized spacial score (nSPS) is 20.8. The molecule has 2 aromatic rings. The summed E-state index contributed by atoms with van der Waals surface area (Å²) in [6.07, 6.45) is 1.45. The number of allylic oxidation sites excluding steroid dienone is 3. The van der Waals surface area contributed by atoms with Crippen molar-refractivity contribution < 1.29 is 19.1 Å². The van der Waals surface area contributed by atoms with Crippen LogP contribution in [0.2, 0.25) is 10.0 Å². The molecular weight excluding hydrogens is 485 g/mol. The lowest BCUT2D eigenvalue weighted by molar-refractivity contribution is -0.144. The Kier molecular flexibility index (Phi) is 7.58. The number of dihydropyridines is 1. The summed E-state index contributed by atoms with van der Waals surface area (Å²) >= 11 is 12.5. The zero-order valence-electron chi connectivity index (χ0n) is 20.3. The fourth-order valence-corrected chi connectivity index (χ4v) is 5.08. The molecule has 1 aliphatic heterocycles. The fraction of sp³-hybridized carbons (Fsp3) is 0.357. The Balaban J connectivity index is 1.77. The van der Waals surface area contributed by atoms with Crippen LogP contribution in [0.4, 0.5) is 0 Å². The predicted octanol–water partition coefficient (Wildman–Crippen LogP) is 6.71. The standard InChI is InChI=1S/C28H29Cl2NO4/c1-5-15(2)35-28(33)25-16(3)31-23-13-19(17-6-9-20(34-4)10-7-17)14-24(32)27(23)26(25)18-8-11-21(29)22(30)12-18/h6-12,15,19,26,31H,5,13-14H2,1-4H3/t15-,19-,26-/m1/s1. The van der Waals surface area contributed by atoms with Gasteiger partial charge in [0.2, 0.25) is 0 Å². The third kappa shape index (κ3) is 5.12. The second-order valence-electron chi connectivity index (χ2n) is 9.09. The molecule has 0 spiro atoms. The van der Waals surface area contributed by atoms with Crippen LogP contribution in [0.5, 0.6) is 5.75 Å². The third-order valence-corrected chi connectivity index (χ3v) is 7.53. The zero-order chi connectivity index (χ0) is 25.3. The molecule has 2 aliphatic rings. The molecule has 0 aromatic heterocycles. The first-order valence-corrected chi connectivity index (χ1v) is 12.5. The van der Waals surface area contributed by atoms with Crippen LogP contribution < -0.4 is 10.1 Å². The highest BCUT2D eigenvalue weighted by atomic mass is 35.5. The molecule has 5 nitrogen and oxygen atoms in total. The average molecular weight is 514 g/mol. The van der Waals surface area contributed by atoms with Crippen molar-refractivity contribution in [2.24, 2.45) is 0 Å². The topological polar surface area (TPSA) is 64.6 Å². The minimum atomic E-state index is -0.582. The number of rotatable bonds is 6. The Morgan fingerprint density at radius 1 is 1.09 bits per heavy atom. The first-order valence-electron chi connectivity index (χ1n) is 11.8. The number of halogens is 2. The molecule has 3 atom stereocenters. The van der Waals surface area contributed by atoms with Gasteiger partial charge in [0.1, 0.15) is 5.75 Å². The Morgan fingerprint density at radius 2 is 1.77 bits per heavy atom. The first kappa shape index (κ1) is 25.3. The molecule has 0 saturated carbocycles. The maximum atomic E-state index is 13.7. The molecule has 0 fully saturated rings. The lowest BCUT2D eigenvalue weighted by Crippen LogP contribution is -2.36.